The van der Waals surface area contributed by atoms with Crippen molar-refractivity contribution < 1.29 is 9.32 Å². The molecule has 4 rings (SSSR count). The van der Waals surface area contributed by atoms with E-state index in [1.165, 1.54) is 0 Å². The number of aryl methyl sites for hydroxylation is 2. The smallest absolute Gasteiger partial charge is 0.227 e. The van der Waals surface area contributed by atoms with Crippen molar-refractivity contribution in [3.8, 4) is 0 Å². The highest BCUT2D eigenvalue weighted by atomic mass is 16.5. The standard InChI is InChI=1S/C19H21N5O2/c1-13-16(14(2)26-22-13)11-18(25)23-7-9-24(10-8-23)19-15-5-3-4-6-17(15)20-12-21-19/h3-6,12H,7-11H2,1-2H3. The molecular weight excluding hydrogens is 330 g/mol. The van der Waals surface area contributed by atoms with E-state index in [1.54, 1.807) is 6.33 Å². The molecule has 3 aromatic rings. The van der Waals surface area contributed by atoms with Crippen molar-refractivity contribution in [2.75, 3.05) is 31.1 Å². The van der Waals surface area contributed by atoms with E-state index in [-0.39, 0.29) is 5.91 Å². The van der Waals surface area contributed by atoms with Crippen LogP contribution in [0.25, 0.3) is 10.9 Å². The summed E-state index contributed by atoms with van der Waals surface area (Å²) >= 11 is 0. The third kappa shape index (κ3) is 3.00. The maximum atomic E-state index is 12.6. The summed E-state index contributed by atoms with van der Waals surface area (Å²) in [5, 5.41) is 4.97. The Morgan fingerprint density at radius 1 is 1.12 bits per heavy atom. The van der Waals surface area contributed by atoms with Gasteiger partial charge in [-0.15, -0.1) is 0 Å². The van der Waals surface area contributed by atoms with Crippen LogP contribution in [-0.4, -0.2) is 52.1 Å². The molecule has 1 saturated heterocycles. The number of aromatic nitrogens is 3. The summed E-state index contributed by atoms with van der Waals surface area (Å²) in [6.07, 6.45) is 1.95. The zero-order valence-electron chi connectivity index (χ0n) is 15.0. The summed E-state index contributed by atoms with van der Waals surface area (Å²) in [5.41, 5.74) is 2.63. The van der Waals surface area contributed by atoms with E-state index in [9.17, 15) is 4.79 Å². The monoisotopic (exact) mass is 351 g/mol. The molecule has 0 spiro atoms. The van der Waals surface area contributed by atoms with Gasteiger partial charge in [0.15, 0.2) is 0 Å². The van der Waals surface area contributed by atoms with Crippen LogP contribution in [0.2, 0.25) is 0 Å². The minimum atomic E-state index is 0.117. The van der Waals surface area contributed by atoms with E-state index in [4.69, 9.17) is 4.52 Å². The van der Waals surface area contributed by atoms with Crippen LogP contribution in [0.3, 0.4) is 0 Å². The molecule has 0 unspecified atom stereocenters. The third-order valence-corrected chi connectivity index (χ3v) is 4.96. The summed E-state index contributed by atoms with van der Waals surface area (Å²) in [5.74, 6) is 1.78. The molecule has 1 aliphatic heterocycles. The predicted octanol–water partition coefficient (Wildman–Crippen LogP) is 2.13. The maximum Gasteiger partial charge on any atom is 0.227 e. The van der Waals surface area contributed by atoms with Crippen LogP contribution in [0.1, 0.15) is 17.0 Å². The first-order valence-corrected chi connectivity index (χ1v) is 8.77. The second-order valence-corrected chi connectivity index (χ2v) is 6.56. The highest BCUT2D eigenvalue weighted by molar-refractivity contribution is 5.89. The molecule has 7 nitrogen and oxygen atoms in total. The van der Waals surface area contributed by atoms with E-state index in [0.717, 1.165) is 46.8 Å². The van der Waals surface area contributed by atoms with Crippen molar-refractivity contribution in [1.29, 1.82) is 0 Å². The van der Waals surface area contributed by atoms with Gasteiger partial charge in [0.05, 0.1) is 17.6 Å². The zero-order chi connectivity index (χ0) is 18.1. The predicted molar refractivity (Wildman–Crippen MR) is 98.0 cm³/mol. The van der Waals surface area contributed by atoms with Gasteiger partial charge in [0.1, 0.15) is 17.9 Å². The third-order valence-electron chi connectivity index (χ3n) is 4.96. The first-order chi connectivity index (χ1) is 12.6. The van der Waals surface area contributed by atoms with Crippen LogP contribution in [0, 0.1) is 13.8 Å². The molecule has 0 bridgehead atoms. The first kappa shape index (κ1) is 16.5. The summed E-state index contributed by atoms with van der Waals surface area (Å²) in [6, 6.07) is 8.01. The van der Waals surface area contributed by atoms with Crippen molar-refractivity contribution in [1.82, 2.24) is 20.0 Å². The highest BCUT2D eigenvalue weighted by Gasteiger charge is 2.24. The molecule has 0 aliphatic carbocycles. The van der Waals surface area contributed by atoms with Gasteiger partial charge >= 0.3 is 0 Å². The van der Waals surface area contributed by atoms with Gasteiger partial charge < -0.3 is 14.3 Å². The fourth-order valence-electron chi connectivity index (χ4n) is 3.43. The van der Waals surface area contributed by atoms with Gasteiger partial charge in [-0.25, -0.2) is 9.97 Å². The number of benzene rings is 1. The second-order valence-electron chi connectivity index (χ2n) is 6.56. The lowest BCUT2D eigenvalue weighted by atomic mass is 10.1. The van der Waals surface area contributed by atoms with Crippen LogP contribution in [0.5, 0.6) is 0 Å². The molecule has 0 N–H and O–H groups in total. The Morgan fingerprint density at radius 2 is 1.88 bits per heavy atom. The molecule has 1 fully saturated rings. The fraction of sp³-hybridized carbons (Fsp3) is 0.368. The van der Waals surface area contributed by atoms with Gasteiger partial charge in [0.2, 0.25) is 5.91 Å². The van der Waals surface area contributed by atoms with Crippen molar-refractivity contribution in [2.45, 2.75) is 20.3 Å². The number of hydrogen-bond donors (Lipinski definition) is 0. The number of hydrogen-bond acceptors (Lipinski definition) is 6. The van der Waals surface area contributed by atoms with Gasteiger partial charge in [-0.3, -0.25) is 4.79 Å². The number of anilines is 1. The number of rotatable bonds is 3. The Bertz CT molecular complexity index is 919. The SMILES string of the molecule is Cc1noc(C)c1CC(=O)N1CCN(c2ncnc3ccccc23)CC1. The van der Waals surface area contributed by atoms with Crippen LogP contribution in [0.4, 0.5) is 5.82 Å². The molecule has 0 atom stereocenters. The minimum Gasteiger partial charge on any atom is -0.361 e. The van der Waals surface area contributed by atoms with Crippen molar-refractivity contribution in [3.05, 3.63) is 47.6 Å². The van der Waals surface area contributed by atoms with Gasteiger partial charge in [0.25, 0.3) is 0 Å². The summed E-state index contributed by atoms with van der Waals surface area (Å²) in [7, 11) is 0. The molecular formula is C19H21N5O2. The number of para-hydroxylation sites is 1. The molecule has 26 heavy (non-hydrogen) atoms. The Balaban J connectivity index is 1.45. The molecule has 0 saturated carbocycles. The Kier molecular flexibility index (Phi) is 4.28. The van der Waals surface area contributed by atoms with Crippen molar-refractivity contribution >= 4 is 22.6 Å². The van der Waals surface area contributed by atoms with Crippen molar-refractivity contribution in [2.24, 2.45) is 0 Å². The number of fused-ring (bicyclic) bond motifs is 1. The van der Waals surface area contributed by atoms with E-state index in [0.29, 0.717) is 19.5 Å². The molecule has 0 radical (unpaired) electrons. The second kappa shape index (κ2) is 6.74. The molecule has 1 aromatic carbocycles. The van der Waals surface area contributed by atoms with Crippen molar-refractivity contribution in [3.63, 3.8) is 0 Å². The van der Waals surface area contributed by atoms with Gasteiger partial charge in [-0.2, -0.15) is 0 Å². The zero-order valence-corrected chi connectivity index (χ0v) is 15.0. The lowest BCUT2D eigenvalue weighted by Gasteiger charge is -2.35. The fourth-order valence-corrected chi connectivity index (χ4v) is 3.43. The Hall–Kier alpha value is -2.96. The van der Waals surface area contributed by atoms with Crippen LogP contribution in [0.15, 0.2) is 35.1 Å². The van der Waals surface area contributed by atoms with E-state index in [2.05, 4.69) is 20.0 Å². The van der Waals surface area contributed by atoms with E-state index in [1.807, 2.05) is 43.0 Å². The molecule has 2 aromatic heterocycles. The summed E-state index contributed by atoms with van der Waals surface area (Å²) in [4.78, 5) is 25.6. The summed E-state index contributed by atoms with van der Waals surface area (Å²) in [6.45, 7) is 6.60. The molecule has 7 heteroatoms. The summed E-state index contributed by atoms with van der Waals surface area (Å²) < 4.78 is 5.16. The molecule has 1 amide bonds. The minimum absolute atomic E-state index is 0.117. The number of amides is 1. The average Bonchev–Trinajstić information content (AvgIpc) is 2.99. The van der Waals surface area contributed by atoms with Crippen LogP contribution in [-0.2, 0) is 11.2 Å². The highest BCUT2D eigenvalue weighted by Crippen LogP contribution is 2.24. The van der Waals surface area contributed by atoms with Crippen LogP contribution < -0.4 is 4.90 Å². The lowest BCUT2D eigenvalue weighted by Crippen LogP contribution is -2.49. The quantitative estimate of drug-likeness (QED) is 0.719. The van der Waals surface area contributed by atoms with Gasteiger partial charge in [0, 0.05) is 37.1 Å². The van der Waals surface area contributed by atoms with Gasteiger partial charge in [-0.05, 0) is 26.0 Å². The van der Waals surface area contributed by atoms with E-state index >= 15 is 0 Å². The maximum absolute atomic E-state index is 12.6. The number of piperazine rings is 1. The molecule has 1 aliphatic rings. The number of carbonyl (C=O) groups excluding carboxylic acids is 1. The first-order valence-electron chi connectivity index (χ1n) is 8.77. The lowest BCUT2D eigenvalue weighted by molar-refractivity contribution is -0.130. The number of carbonyl (C=O) groups is 1. The van der Waals surface area contributed by atoms with Crippen LogP contribution >= 0.6 is 0 Å². The van der Waals surface area contributed by atoms with E-state index < -0.39 is 0 Å². The normalized spacial score (nSPS) is 14.8. The molecule has 3 heterocycles. The largest absolute Gasteiger partial charge is 0.361 e. The molecule has 134 valence electrons. The Labute approximate surface area is 151 Å². The topological polar surface area (TPSA) is 75.4 Å². The number of nitrogens with zero attached hydrogens (tertiary/aromatic N) is 5. The Morgan fingerprint density at radius 3 is 2.62 bits per heavy atom. The van der Waals surface area contributed by atoms with Gasteiger partial charge in [-0.1, -0.05) is 17.3 Å². The average molecular weight is 351 g/mol.